The first-order valence-electron chi connectivity index (χ1n) is 8.54. The highest BCUT2D eigenvalue weighted by Crippen LogP contribution is 2.31. The van der Waals surface area contributed by atoms with E-state index in [2.05, 4.69) is 6.07 Å². The van der Waals surface area contributed by atoms with Crippen LogP contribution in [-0.2, 0) is 13.1 Å². The number of rotatable bonds is 3. The molecule has 5 heteroatoms. The molecule has 1 fully saturated rings. The van der Waals surface area contributed by atoms with Crippen molar-refractivity contribution in [3.63, 3.8) is 0 Å². The monoisotopic (exact) mass is 327 g/mol. The van der Waals surface area contributed by atoms with Crippen LogP contribution in [0.5, 0.6) is 11.5 Å². The Labute approximate surface area is 141 Å². The van der Waals surface area contributed by atoms with E-state index in [0.29, 0.717) is 17.6 Å². The number of hydrogen-bond acceptors (Lipinski definition) is 3. The summed E-state index contributed by atoms with van der Waals surface area (Å²) >= 11 is 0. The van der Waals surface area contributed by atoms with Gasteiger partial charge in [0, 0.05) is 30.1 Å². The number of para-hydroxylation sites is 1. The molecule has 0 aliphatic carbocycles. The van der Waals surface area contributed by atoms with Gasteiger partial charge in [-0.2, -0.15) is 0 Å². The van der Waals surface area contributed by atoms with E-state index in [0.717, 1.165) is 38.2 Å². The van der Waals surface area contributed by atoms with Crippen molar-refractivity contribution >= 4 is 0 Å². The molecule has 2 aliphatic heterocycles. The highest BCUT2D eigenvalue weighted by molar-refractivity contribution is 5.44. The number of piperidine rings is 1. The molecule has 0 radical (unpaired) electrons. The zero-order valence-corrected chi connectivity index (χ0v) is 13.9. The molecule has 4 rings (SSSR count). The Morgan fingerprint density at radius 2 is 2.08 bits per heavy atom. The average Bonchev–Trinajstić information content (AvgIpc) is 2.58. The minimum atomic E-state index is 0.121. The number of quaternary nitrogens is 1. The van der Waals surface area contributed by atoms with Crippen molar-refractivity contribution in [3.8, 4) is 11.5 Å². The second-order valence-electron chi connectivity index (χ2n) is 7.00. The van der Waals surface area contributed by atoms with Gasteiger partial charge in [-0.15, -0.1) is 0 Å². The quantitative estimate of drug-likeness (QED) is 0.875. The summed E-state index contributed by atoms with van der Waals surface area (Å²) in [5.74, 6) is 1.73. The molecule has 3 atom stereocenters. The van der Waals surface area contributed by atoms with Crippen LogP contribution in [0.2, 0.25) is 0 Å². The van der Waals surface area contributed by atoms with Gasteiger partial charge in [0.2, 0.25) is 0 Å². The number of nitrogens with zero attached hydrogens (tertiary/aromatic N) is 1. The fraction of sp³-hybridized carbons (Fsp3) is 0.421. The largest absolute Gasteiger partial charge is 0.504 e. The summed E-state index contributed by atoms with van der Waals surface area (Å²) in [5, 5.41) is 10.3. The Hall–Kier alpha value is -2.27. The summed E-state index contributed by atoms with van der Waals surface area (Å²) in [5.41, 5.74) is 2.22. The molecule has 1 saturated heterocycles. The number of aromatic nitrogens is 1. The van der Waals surface area contributed by atoms with E-state index >= 15 is 0 Å². The van der Waals surface area contributed by atoms with Crippen molar-refractivity contribution in [2.75, 3.05) is 20.2 Å². The normalized spacial score (nSPS) is 25.1. The van der Waals surface area contributed by atoms with Crippen LogP contribution < -0.4 is 15.2 Å². The Morgan fingerprint density at radius 3 is 2.92 bits per heavy atom. The fourth-order valence-corrected chi connectivity index (χ4v) is 4.41. The van der Waals surface area contributed by atoms with Gasteiger partial charge in [-0.05, 0) is 24.6 Å². The predicted octanol–water partition coefficient (Wildman–Crippen LogP) is 0.765. The standard InChI is InChI=1S/C19H22N2O3/c1-24-17-6-2-4-14(19(17)23)11-20-9-13-8-15(12-20)16-5-3-7-18(22)21(16)10-13/h2-7,13,15,23H,8-12H2,1H3/p+1/t13-,15+/m1/s1. The molecule has 2 bridgehead atoms. The third-order valence-corrected chi connectivity index (χ3v) is 5.42. The van der Waals surface area contributed by atoms with E-state index in [1.165, 1.54) is 10.6 Å². The Kier molecular flexibility index (Phi) is 3.81. The van der Waals surface area contributed by atoms with Crippen LogP contribution in [0.4, 0.5) is 0 Å². The van der Waals surface area contributed by atoms with Crippen LogP contribution in [0.25, 0.3) is 0 Å². The minimum absolute atomic E-state index is 0.121. The van der Waals surface area contributed by atoms with Crippen molar-refractivity contribution in [2.24, 2.45) is 5.92 Å². The van der Waals surface area contributed by atoms with Crippen LogP contribution in [0.3, 0.4) is 0 Å². The maximum atomic E-state index is 12.1. The molecule has 2 N–H and O–H groups in total. The highest BCUT2D eigenvalue weighted by Gasteiger charge is 2.37. The zero-order valence-electron chi connectivity index (χ0n) is 13.9. The predicted molar refractivity (Wildman–Crippen MR) is 90.6 cm³/mol. The topological polar surface area (TPSA) is 55.9 Å². The van der Waals surface area contributed by atoms with Gasteiger partial charge in [-0.3, -0.25) is 4.79 Å². The lowest BCUT2D eigenvalue weighted by Gasteiger charge is -2.40. The Bertz CT molecular complexity index is 814. The smallest absolute Gasteiger partial charge is 0.250 e. The minimum Gasteiger partial charge on any atom is -0.504 e. The number of benzene rings is 1. The summed E-state index contributed by atoms with van der Waals surface area (Å²) in [6.45, 7) is 3.64. The van der Waals surface area contributed by atoms with Gasteiger partial charge in [-0.1, -0.05) is 12.1 Å². The molecule has 1 aromatic heterocycles. The van der Waals surface area contributed by atoms with Gasteiger partial charge < -0.3 is 19.3 Å². The SMILES string of the molecule is COc1cccc(C[NH+]2C[C@H]3C[C@@H](C2)c2cccc(=O)n2C3)c1O. The maximum Gasteiger partial charge on any atom is 0.250 e. The maximum absolute atomic E-state index is 12.1. The second-order valence-corrected chi connectivity index (χ2v) is 7.00. The molecule has 1 aromatic carbocycles. The zero-order chi connectivity index (χ0) is 16.7. The number of ether oxygens (including phenoxy) is 1. The molecule has 0 spiro atoms. The lowest BCUT2D eigenvalue weighted by Crippen LogP contribution is -3.13. The summed E-state index contributed by atoms with van der Waals surface area (Å²) in [7, 11) is 1.58. The lowest BCUT2D eigenvalue weighted by atomic mass is 9.83. The molecule has 3 heterocycles. The van der Waals surface area contributed by atoms with Crippen LogP contribution in [-0.4, -0.2) is 29.9 Å². The van der Waals surface area contributed by atoms with Gasteiger partial charge >= 0.3 is 0 Å². The summed E-state index contributed by atoms with van der Waals surface area (Å²) in [6.07, 6.45) is 1.16. The number of likely N-dealkylation sites (tertiary alicyclic amines) is 1. The summed E-state index contributed by atoms with van der Waals surface area (Å²) < 4.78 is 7.17. The van der Waals surface area contributed by atoms with E-state index in [1.54, 1.807) is 19.2 Å². The number of phenolic OH excluding ortho intramolecular Hbond substituents is 1. The molecule has 0 saturated carbocycles. The molecule has 5 nitrogen and oxygen atoms in total. The van der Waals surface area contributed by atoms with E-state index < -0.39 is 0 Å². The van der Waals surface area contributed by atoms with Crippen LogP contribution in [0.15, 0.2) is 41.2 Å². The molecule has 24 heavy (non-hydrogen) atoms. The molecule has 2 aliphatic rings. The number of methoxy groups -OCH3 is 1. The molecular weight excluding hydrogens is 304 g/mol. The molecular formula is C19H23N2O3+. The fourth-order valence-electron chi connectivity index (χ4n) is 4.41. The number of nitrogens with one attached hydrogen (secondary N) is 1. The van der Waals surface area contributed by atoms with Crippen molar-refractivity contribution < 1.29 is 14.7 Å². The number of phenols is 1. The first-order valence-corrected chi connectivity index (χ1v) is 8.54. The Morgan fingerprint density at radius 1 is 1.25 bits per heavy atom. The number of fused-ring (bicyclic) bond motifs is 4. The second kappa shape index (κ2) is 5.98. The molecule has 0 amide bonds. The number of pyridine rings is 1. The van der Waals surface area contributed by atoms with Crippen molar-refractivity contribution in [3.05, 3.63) is 58.0 Å². The van der Waals surface area contributed by atoms with Gasteiger partial charge in [0.25, 0.3) is 5.56 Å². The van der Waals surface area contributed by atoms with Crippen LogP contribution in [0.1, 0.15) is 23.6 Å². The van der Waals surface area contributed by atoms with Crippen LogP contribution in [0, 0.1) is 5.92 Å². The van der Waals surface area contributed by atoms with Gasteiger partial charge in [0.05, 0.1) is 25.8 Å². The van der Waals surface area contributed by atoms with Crippen molar-refractivity contribution in [1.82, 2.24) is 4.57 Å². The lowest BCUT2D eigenvalue weighted by molar-refractivity contribution is -0.924. The molecule has 126 valence electrons. The Balaban J connectivity index is 1.58. The molecule has 2 aromatic rings. The van der Waals surface area contributed by atoms with E-state index in [-0.39, 0.29) is 11.3 Å². The summed E-state index contributed by atoms with van der Waals surface area (Å²) in [4.78, 5) is 13.6. The summed E-state index contributed by atoms with van der Waals surface area (Å²) in [6, 6.07) is 11.3. The van der Waals surface area contributed by atoms with Gasteiger partial charge in [0.15, 0.2) is 11.5 Å². The third kappa shape index (κ3) is 2.59. The van der Waals surface area contributed by atoms with Crippen LogP contribution >= 0.6 is 0 Å². The van der Waals surface area contributed by atoms with Gasteiger partial charge in [-0.25, -0.2) is 0 Å². The number of hydrogen-bond donors (Lipinski definition) is 2. The van der Waals surface area contributed by atoms with Gasteiger partial charge in [0.1, 0.15) is 6.54 Å². The molecule has 1 unspecified atom stereocenters. The first kappa shape index (κ1) is 15.3. The number of aromatic hydroxyl groups is 1. The first-order chi connectivity index (χ1) is 11.7. The van der Waals surface area contributed by atoms with E-state index in [1.807, 2.05) is 22.8 Å². The van der Waals surface area contributed by atoms with E-state index in [9.17, 15) is 9.90 Å². The average molecular weight is 327 g/mol. The van der Waals surface area contributed by atoms with E-state index in [4.69, 9.17) is 4.74 Å². The van der Waals surface area contributed by atoms with Crippen molar-refractivity contribution in [2.45, 2.75) is 25.4 Å². The highest BCUT2D eigenvalue weighted by atomic mass is 16.5. The van der Waals surface area contributed by atoms with Crippen molar-refractivity contribution in [1.29, 1.82) is 0 Å². The third-order valence-electron chi connectivity index (χ3n) is 5.42.